The predicted octanol–water partition coefficient (Wildman–Crippen LogP) is -2.21. The number of carboxylic acids is 2. The van der Waals surface area contributed by atoms with E-state index in [-0.39, 0.29) is 18.6 Å². The lowest BCUT2D eigenvalue weighted by atomic mass is 10.0. The molecule has 0 saturated carbocycles. The van der Waals surface area contributed by atoms with Gasteiger partial charge in [0.25, 0.3) is 0 Å². The number of carbonyl (C=O) groups excluding carboxylic acids is 3. The van der Waals surface area contributed by atoms with Crippen molar-refractivity contribution in [3.05, 3.63) is 29.8 Å². The van der Waals surface area contributed by atoms with E-state index < -0.39 is 66.4 Å². The average molecular weight is 526 g/mol. The van der Waals surface area contributed by atoms with Crippen LogP contribution in [0.3, 0.4) is 0 Å². The van der Waals surface area contributed by atoms with Crippen LogP contribution in [-0.4, -0.2) is 86.9 Å². The summed E-state index contributed by atoms with van der Waals surface area (Å²) in [6, 6.07) is 0.123. The van der Waals surface area contributed by atoms with Gasteiger partial charge in [-0.2, -0.15) is 0 Å². The Morgan fingerprint density at radius 1 is 0.892 bits per heavy atom. The van der Waals surface area contributed by atoms with Crippen molar-refractivity contribution in [1.82, 2.24) is 16.0 Å². The van der Waals surface area contributed by atoms with Crippen LogP contribution in [0.25, 0.3) is 0 Å². The Kier molecular flexibility index (Phi) is 13.0. The SMILES string of the molecule is CC(O)C(NC(=O)C(Cc1ccc(O)cc1)NC(=O)C(CCCCN)NC(=O)C(N)CC(=O)O)C(=O)O. The van der Waals surface area contributed by atoms with Crippen LogP contribution in [0.4, 0.5) is 0 Å². The third-order valence-corrected chi connectivity index (χ3v) is 5.37. The Bertz CT molecular complexity index is 939. The number of aliphatic hydroxyl groups is 1. The van der Waals surface area contributed by atoms with Crippen LogP contribution in [0.5, 0.6) is 5.75 Å². The summed E-state index contributed by atoms with van der Waals surface area (Å²) in [6.45, 7) is 1.50. The molecule has 5 unspecified atom stereocenters. The molecule has 0 saturated heterocycles. The Morgan fingerprint density at radius 2 is 1.46 bits per heavy atom. The molecule has 0 aromatic heterocycles. The third kappa shape index (κ3) is 11.2. The molecule has 0 bridgehead atoms. The zero-order valence-corrected chi connectivity index (χ0v) is 20.4. The monoisotopic (exact) mass is 525 g/mol. The van der Waals surface area contributed by atoms with E-state index in [0.717, 1.165) is 0 Å². The third-order valence-electron chi connectivity index (χ3n) is 5.37. The van der Waals surface area contributed by atoms with Gasteiger partial charge >= 0.3 is 11.9 Å². The van der Waals surface area contributed by atoms with Gasteiger partial charge in [0, 0.05) is 6.42 Å². The van der Waals surface area contributed by atoms with Crippen molar-refractivity contribution < 1.29 is 44.4 Å². The molecule has 1 aromatic carbocycles. The lowest BCUT2D eigenvalue weighted by Crippen LogP contribution is -2.58. The largest absolute Gasteiger partial charge is 0.508 e. The van der Waals surface area contributed by atoms with Crippen molar-refractivity contribution in [2.24, 2.45) is 11.5 Å². The summed E-state index contributed by atoms with van der Waals surface area (Å²) in [4.78, 5) is 60.8. The molecule has 37 heavy (non-hydrogen) atoms. The summed E-state index contributed by atoms with van der Waals surface area (Å²) in [6.07, 6.45) is -1.18. The highest BCUT2D eigenvalue weighted by atomic mass is 16.4. The van der Waals surface area contributed by atoms with Gasteiger partial charge in [-0.15, -0.1) is 0 Å². The molecule has 5 atom stereocenters. The number of carbonyl (C=O) groups is 5. The van der Waals surface area contributed by atoms with Gasteiger partial charge in [0.2, 0.25) is 17.7 Å². The number of phenolic OH excluding ortho intramolecular Hbond substituents is 1. The van der Waals surface area contributed by atoms with Gasteiger partial charge in [0.05, 0.1) is 18.6 Å². The smallest absolute Gasteiger partial charge is 0.328 e. The van der Waals surface area contributed by atoms with Crippen molar-refractivity contribution in [1.29, 1.82) is 0 Å². The number of hydrogen-bond acceptors (Lipinski definition) is 9. The number of rotatable bonds is 16. The fourth-order valence-electron chi connectivity index (χ4n) is 3.31. The van der Waals surface area contributed by atoms with E-state index in [1.807, 2.05) is 0 Å². The lowest BCUT2D eigenvalue weighted by molar-refractivity contribution is -0.145. The topological polar surface area (TPSA) is 254 Å². The quantitative estimate of drug-likeness (QED) is 0.104. The molecule has 14 heteroatoms. The van der Waals surface area contributed by atoms with Crippen LogP contribution in [-0.2, 0) is 30.4 Å². The number of carboxylic acid groups (broad SMARTS) is 2. The second-order valence-corrected chi connectivity index (χ2v) is 8.55. The van der Waals surface area contributed by atoms with Crippen LogP contribution in [0, 0.1) is 0 Å². The molecule has 3 amide bonds. The van der Waals surface area contributed by atoms with E-state index in [2.05, 4.69) is 16.0 Å². The number of phenols is 1. The minimum atomic E-state index is -1.65. The van der Waals surface area contributed by atoms with Crippen molar-refractivity contribution in [2.45, 2.75) is 69.3 Å². The van der Waals surface area contributed by atoms with Crippen molar-refractivity contribution in [2.75, 3.05) is 6.54 Å². The van der Waals surface area contributed by atoms with Crippen LogP contribution in [0.1, 0.15) is 38.2 Å². The van der Waals surface area contributed by atoms with E-state index in [9.17, 15) is 39.3 Å². The first-order valence-corrected chi connectivity index (χ1v) is 11.6. The maximum absolute atomic E-state index is 13.1. The summed E-state index contributed by atoms with van der Waals surface area (Å²) >= 11 is 0. The summed E-state index contributed by atoms with van der Waals surface area (Å²) in [5, 5.41) is 44.4. The second kappa shape index (κ2) is 15.4. The maximum atomic E-state index is 13.1. The first-order valence-electron chi connectivity index (χ1n) is 11.6. The molecule has 0 radical (unpaired) electrons. The number of unbranched alkanes of at least 4 members (excludes halogenated alkanes) is 1. The predicted molar refractivity (Wildman–Crippen MR) is 130 cm³/mol. The first-order chi connectivity index (χ1) is 17.3. The zero-order valence-electron chi connectivity index (χ0n) is 20.4. The number of aliphatic hydroxyl groups excluding tert-OH is 1. The Labute approximate surface area is 213 Å². The molecule has 0 aliphatic carbocycles. The van der Waals surface area contributed by atoms with Gasteiger partial charge < -0.3 is 47.8 Å². The minimum Gasteiger partial charge on any atom is -0.508 e. The molecule has 0 heterocycles. The van der Waals surface area contributed by atoms with E-state index in [1.54, 1.807) is 0 Å². The molecule has 1 rings (SSSR count). The van der Waals surface area contributed by atoms with Gasteiger partial charge in [-0.05, 0) is 50.4 Å². The van der Waals surface area contributed by atoms with Gasteiger partial charge in [-0.3, -0.25) is 19.2 Å². The standard InChI is InChI=1S/C23H35N5O9/c1-12(29)19(23(36)37)28-22(35)17(10-13-5-7-14(30)8-6-13)27-21(34)16(4-2-3-9-24)26-20(33)15(25)11-18(31)32/h5-8,12,15-17,19,29-30H,2-4,9-11,24-25H2,1H3,(H,26,33)(H,27,34)(H,28,35)(H,31,32)(H,36,37). The molecule has 0 aliphatic heterocycles. The molecule has 14 nitrogen and oxygen atoms in total. The van der Waals surface area contributed by atoms with E-state index in [1.165, 1.54) is 31.2 Å². The molecule has 1 aromatic rings. The summed E-state index contributed by atoms with van der Waals surface area (Å²) in [5.74, 6) is -5.41. The minimum absolute atomic E-state index is 0.0331. The molecule has 0 spiro atoms. The highest BCUT2D eigenvalue weighted by Crippen LogP contribution is 2.12. The summed E-state index contributed by atoms with van der Waals surface area (Å²) in [7, 11) is 0. The first kappa shape index (κ1) is 31.3. The van der Waals surface area contributed by atoms with E-state index >= 15 is 0 Å². The molecule has 0 fully saturated rings. The molecular formula is C23H35N5O9. The van der Waals surface area contributed by atoms with Crippen LogP contribution < -0.4 is 27.4 Å². The summed E-state index contributed by atoms with van der Waals surface area (Å²) < 4.78 is 0. The van der Waals surface area contributed by atoms with Gasteiger partial charge in [-0.1, -0.05) is 12.1 Å². The maximum Gasteiger partial charge on any atom is 0.328 e. The number of amides is 3. The Hall–Kier alpha value is -3.75. The number of nitrogens with two attached hydrogens (primary N) is 2. The lowest BCUT2D eigenvalue weighted by Gasteiger charge is -2.26. The molecular weight excluding hydrogens is 490 g/mol. The number of hydrogen-bond donors (Lipinski definition) is 9. The fraction of sp³-hybridized carbons (Fsp3) is 0.522. The number of aliphatic carboxylic acids is 2. The van der Waals surface area contributed by atoms with Gasteiger partial charge in [0.15, 0.2) is 6.04 Å². The van der Waals surface area contributed by atoms with E-state index in [0.29, 0.717) is 24.9 Å². The van der Waals surface area contributed by atoms with Crippen molar-refractivity contribution in [3.8, 4) is 5.75 Å². The molecule has 206 valence electrons. The Balaban J connectivity index is 3.15. The number of aromatic hydroxyl groups is 1. The highest BCUT2D eigenvalue weighted by molar-refractivity contribution is 5.94. The van der Waals surface area contributed by atoms with Crippen LogP contribution in [0.15, 0.2) is 24.3 Å². The van der Waals surface area contributed by atoms with Gasteiger partial charge in [0.1, 0.15) is 17.8 Å². The van der Waals surface area contributed by atoms with E-state index in [4.69, 9.17) is 16.6 Å². The molecule has 11 N–H and O–H groups in total. The number of benzene rings is 1. The normalized spacial score (nSPS) is 14.9. The second-order valence-electron chi connectivity index (χ2n) is 8.55. The Morgan fingerprint density at radius 3 is 1.97 bits per heavy atom. The van der Waals surface area contributed by atoms with Gasteiger partial charge in [-0.25, -0.2) is 4.79 Å². The average Bonchev–Trinajstić information content (AvgIpc) is 2.81. The fourth-order valence-corrected chi connectivity index (χ4v) is 3.31. The van der Waals surface area contributed by atoms with Crippen LogP contribution >= 0.6 is 0 Å². The number of nitrogens with one attached hydrogen (secondary N) is 3. The highest BCUT2D eigenvalue weighted by Gasteiger charge is 2.32. The van der Waals surface area contributed by atoms with Crippen molar-refractivity contribution >= 4 is 29.7 Å². The summed E-state index contributed by atoms with van der Waals surface area (Å²) in [5.41, 5.74) is 11.6. The zero-order chi connectivity index (χ0) is 28.1. The van der Waals surface area contributed by atoms with Crippen LogP contribution in [0.2, 0.25) is 0 Å². The van der Waals surface area contributed by atoms with Crippen molar-refractivity contribution in [3.63, 3.8) is 0 Å². The molecule has 0 aliphatic rings.